The van der Waals surface area contributed by atoms with E-state index in [4.69, 9.17) is 23.7 Å². The molecule has 134 valence electrons. The molecule has 3 aliphatic heterocycles. The SMILES string of the molecule is C=C1C[C@@H]([C@H]2O[C@@H]3OC(C)(C)O[C@@H]3[C@@H]2OCc2ccccc2)OC1=O. The third-order valence-electron chi connectivity index (χ3n) is 4.67. The van der Waals surface area contributed by atoms with Crippen LogP contribution in [-0.4, -0.2) is 42.5 Å². The lowest BCUT2D eigenvalue weighted by molar-refractivity contribution is -0.230. The molecule has 0 bridgehead atoms. The normalized spacial score (nSPS) is 36.5. The number of cyclic esters (lactones) is 1. The zero-order chi connectivity index (χ0) is 17.6. The molecule has 0 N–H and O–H groups in total. The Morgan fingerprint density at radius 2 is 1.96 bits per heavy atom. The largest absolute Gasteiger partial charge is 0.456 e. The van der Waals surface area contributed by atoms with Crippen molar-refractivity contribution < 1.29 is 28.5 Å². The minimum Gasteiger partial charge on any atom is -0.456 e. The van der Waals surface area contributed by atoms with E-state index >= 15 is 0 Å². The van der Waals surface area contributed by atoms with Gasteiger partial charge in [-0.25, -0.2) is 4.79 Å². The van der Waals surface area contributed by atoms with Gasteiger partial charge in [-0.2, -0.15) is 0 Å². The predicted molar refractivity (Wildman–Crippen MR) is 87.4 cm³/mol. The van der Waals surface area contributed by atoms with E-state index in [1.54, 1.807) is 0 Å². The van der Waals surface area contributed by atoms with E-state index in [0.29, 0.717) is 18.6 Å². The summed E-state index contributed by atoms with van der Waals surface area (Å²) in [4.78, 5) is 11.7. The highest BCUT2D eigenvalue weighted by atomic mass is 16.8. The van der Waals surface area contributed by atoms with Crippen LogP contribution >= 0.6 is 0 Å². The molecule has 4 rings (SSSR count). The Bertz CT molecular complexity index is 654. The van der Waals surface area contributed by atoms with Gasteiger partial charge in [0.1, 0.15) is 24.4 Å². The lowest BCUT2D eigenvalue weighted by Gasteiger charge is -2.28. The van der Waals surface area contributed by atoms with Gasteiger partial charge in [0.15, 0.2) is 12.1 Å². The number of hydrogen-bond donors (Lipinski definition) is 0. The van der Waals surface area contributed by atoms with Crippen molar-refractivity contribution in [2.45, 2.75) is 63.4 Å². The van der Waals surface area contributed by atoms with Gasteiger partial charge in [0, 0.05) is 12.0 Å². The minimum atomic E-state index is -0.732. The van der Waals surface area contributed by atoms with Gasteiger partial charge in [-0.3, -0.25) is 0 Å². The first-order chi connectivity index (χ1) is 11.9. The van der Waals surface area contributed by atoms with Crippen molar-refractivity contribution in [3.8, 4) is 0 Å². The fourth-order valence-corrected chi connectivity index (χ4v) is 3.53. The first-order valence-electron chi connectivity index (χ1n) is 8.48. The highest BCUT2D eigenvalue weighted by molar-refractivity contribution is 5.90. The molecule has 1 aromatic carbocycles. The average molecular weight is 346 g/mol. The molecule has 0 unspecified atom stereocenters. The standard InChI is InChI=1S/C19H22O6/c1-11-9-13(22-17(11)20)14-15(21-10-12-7-5-4-6-8-12)16-18(23-14)25-19(2,3)24-16/h4-8,13-16,18H,1,9-10H2,2-3H3/t13-,14+,15+,16+,18+/m0/s1. The third-order valence-corrected chi connectivity index (χ3v) is 4.67. The highest BCUT2D eigenvalue weighted by Crippen LogP contribution is 2.42. The molecular formula is C19H22O6. The molecule has 0 aromatic heterocycles. The number of benzene rings is 1. The summed E-state index contributed by atoms with van der Waals surface area (Å²) in [6.07, 6.45) is -1.74. The summed E-state index contributed by atoms with van der Waals surface area (Å²) < 4.78 is 29.3. The van der Waals surface area contributed by atoms with Gasteiger partial charge < -0.3 is 23.7 Å². The number of carbonyl (C=O) groups excluding carboxylic acids is 1. The monoisotopic (exact) mass is 346 g/mol. The molecule has 3 aliphatic rings. The summed E-state index contributed by atoms with van der Waals surface area (Å²) in [5, 5.41) is 0. The molecule has 1 aromatic rings. The molecule has 6 heteroatoms. The van der Waals surface area contributed by atoms with Gasteiger partial charge in [0.25, 0.3) is 0 Å². The molecule has 25 heavy (non-hydrogen) atoms. The Balaban J connectivity index is 1.51. The third kappa shape index (κ3) is 3.22. The van der Waals surface area contributed by atoms with Crippen LogP contribution in [0.3, 0.4) is 0 Å². The Morgan fingerprint density at radius 1 is 1.20 bits per heavy atom. The molecule has 3 heterocycles. The van der Waals surface area contributed by atoms with Crippen LogP contribution < -0.4 is 0 Å². The minimum absolute atomic E-state index is 0.365. The van der Waals surface area contributed by atoms with Gasteiger partial charge >= 0.3 is 5.97 Å². The molecule has 3 fully saturated rings. The van der Waals surface area contributed by atoms with E-state index < -0.39 is 30.4 Å². The summed E-state index contributed by atoms with van der Waals surface area (Å²) >= 11 is 0. The van der Waals surface area contributed by atoms with Gasteiger partial charge in [0.2, 0.25) is 0 Å². The second-order valence-electron chi connectivity index (χ2n) is 7.08. The second-order valence-corrected chi connectivity index (χ2v) is 7.08. The Kier molecular flexibility index (Phi) is 4.16. The molecule has 0 spiro atoms. The number of hydrogen-bond acceptors (Lipinski definition) is 6. The van der Waals surface area contributed by atoms with Crippen molar-refractivity contribution in [2.24, 2.45) is 0 Å². The fraction of sp³-hybridized carbons (Fsp3) is 0.526. The van der Waals surface area contributed by atoms with E-state index in [2.05, 4.69) is 6.58 Å². The average Bonchev–Trinajstić information content (AvgIpc) is 3.16. The van der Waals surface area contributed by atoms with Gasteiger partial charge in [0.05, 0.1) is 6.61 Å². The molecule has 6 nitrogen and oxygen atoms in total. The molecule has 0 radical (unpaired) electrons. The Morgan fingerprint density at radius 3 is 2.64 bits per heavy atom. The van der Waals surface area contributed by atoms with Crippen molar-refractivity contribution in [2.75, 3.05) is 0 Å². The van der Waals surface area contributed by atoms with Crippen molar-refractivity contribution >= 4 is 5.97 Å². The quantitative estimate of drug-likeness (QED) is 0.616. The number of esters is 1. The predicted octanol–water partition coefficient (Wildman–Crippen LogP) is 2.32. The Hall–Kier alpha value is -1.73. The van der Waals surface area contributed by atoms with Gasteiger partial charge in [-0.15, -0.1) is 0 Å². The number of fused-ring (bicyclic) bond motifs is 1. The van der Waals surface area contributed by atoms with Crippen molar-refractivity contribution in [3.63, 3.8) is 0 Å². The summed E-state index contributed by atoms with van der Waals surface area (Å²) in [5.41, 5.74) is 1.50. The van der Waals surface area contributed by atoms with Crippen LogP contribution in [0.1, 0.15) is 25.8 Å². The summed E-state index contributed by atoms with van der Waals surface area (Å²) in [6, 6.07) is 9.88. The van der Waals surface area contributed by atoms with Crippen LogP contribution in [0.4, 0.5) is 0 Å². The second kappa shape index (κ2) is 6.21. The van der Waals surface area contributed by atoms with Crippen molar-refractivity contribution in [3.05, 3.63) is 48.0 Å². The van der Waals surface area contributed by atoms with Crippen LogP contribution in [0.2, 0.25) is 0 Å². The maximum absolute atomic E-state index is 11.7. The van der Waals surface area contributed by atoms with Crippen LogP contribution in [0.25, 0.3) is 0 Å². The van der Waals surface area contributed by atoms with E-state index in [-0.39, 0.29) is 12.1 Å². The lowest BCUT2D eigenvalue weighted by atomic mass is 10.0. The zero-order valence-electron chi connectivity index (χ0n) is 14.3. The highest BCUT2D eigenvalue weighted by Gasteiger charge is 2.58. The Labute approximate surface area is 146 Å². The number of carbonyl (C=O) groups is 1. The topological polar surface area (TPSA) is 63.2 Å². The maximum Gasteiger partial charge on any atom is 0.333 e. The first-order valence-corrected chi connectivity index (χ1v) is 8.48. The van der Waals surface area contributed by atoms with Crippen LogP contribution in [-0.2, 0) is 35.1 Å². The van der Waals surface area contributed by atoms with Crippen LogP contribution in [0.15, 0.2) is 42.5 Å². The summed E-state index contributed by atoms with van der Waals surface area (Å²) in [5.74, 6) is -1.11. The molecule has 3 saturated heterocycles. The van der Waals surface area contributed by atoms with Crippen LogP contribution in [0, 0.1) is 0 Å². The summed E-state index contributed by atoms with van der Waals surface area (Å²) in [7, 11) is 0. The molecule has 0 saturated carbocycles. The van der Waals surface area contributed by atoms with Gasteiger partial charge in [-0.05, 0) is 19.4 Å². The molecular weight excluding hydrogens is 324 g/mol. The zero-order valence-corrected chi connectivity index (χ0v) is 14.3. The first kappa shape index (κ1) is 16.7. The van der Waals surface area contributed by atoms with E-state index in [9.17, 15) is 4.79 Å². The number of ether oxygens (including phenoxy) is 5. The number of rotatable bonds is 4. The lowest BCUT2D eigenvalue weighted by Crippen LogP contribution is -2.42. The molecule has 0 aliphatic carbocycles. The summed E-state index contributed by atoms with van der Waals surface area (Å²) in [6.45, 7) is 7.84. The molecule has 5 atom stereocenters. The fourth-order valence-electron chi connectivity index (χ4n) is 3.53. The van der Waals surface area contributed by atoms with Crippen LogP contribution in [0.5, 0.6) is 0 Å². The van der Waals surface area contributed by atoms with Crippen molar-refractivity contribution in [1.82, 2.24) is 0 Å². The van der Waals surface area contributed by atoms with Gasteiger partial charge in [-0.1, -0.05) is 36.9 Å². The smallest absolute Gasteiger partial charge is 0.333 e. The maximum atomic E-state index is 11.7. The van der Waals surface area contributed by atoms with Crippen molar-refractivity contribution in [1.29, 1.82) is 0 Å². The van der Waals surface area contributed by atoms with E-state index in [0.717, 1.165) is 5.56 Å². The molecule has 0 amide bonds. The van der Waals surface area contributed by atoms with E-state index in [1.807, 2.05) is 44.2 Å². The van der Waals surface area contributed by atoms with E-state index in [1.165, 1.54) is 0 Å².